The van der Waals surface area contributed by atoms with Gasteiger partial charge in [-0.1, -0.05) is 36.0 Å². The first-order chi connectivity index (χ1) is 11.6. The Labute approximate surface area is 148 Å². The first-order valence-corrected chi connectivity index (χ1v) is 9.27. The van der Waals surface area contributed by atoms with E-state index in [0.29, 0.717) is 11.7 Å². The van der Waals surface area contributed by atoms with Crippen LogP contribution in [0.4, 0.5) is 5.69 Å². The van der Waals surface area contributed by atoms with Crippen LogP contribution in [0.1, 0.15) is 16.0 Å². The van der Waals surface area contributed by atoms with E-state index in [9.17, 15) is 4.79 Å². The summed E-state index contributed by atoms with van der Waals surface area (Å²) in [6.45, 7) is 4.58. The molecule has 0 radical (unpaired) electrons. The molecule has 0 fully saturated rings. The van der Waals surface area contributed by atoms with Crippen molar-refractivity contribution < 1.29 is 4.79 Å². The molecule has 1 aromatic carbocycles. The lowest BCUT2D eigenvalue weighted by Crippen LogP contribution is -2.16. The van der Waals surface area contributed by atoms with Gasteiger partial charge in [-0.05, 0) is 46.8 Å². The van der Waals surface area contributed by atoms with Crippen LogP contribution < -0.4 is 5.32 Å². The number of thioether (sulfide) groups is 1. The number of aromatic nitrogens is 4. The van der Waals surface area contributed by atoms with Crippen LogP contribution in [-0.4, -0.2) is 31.9 Å². The summed E-state index contributed by atoms with van der Waals surface area (Å²) in [5, 5.41) is 17.3. The van der Waals surface area contributed by atoms with Gasteiger partial charge in [-0.2, -0.15) is 0 Å². The summed E-state index contributed by atoms with van der Waals surface area (Å²) in [5.41, 5.74) is 2.98. The molecule has 8 heteroatoms. The third-order valence-electron chi connectivity index (χ3n) is 3.46. The molecule has 2 heterocycles. The molecule has 0 unspecified atom stereocenters. The first kappa shape index (κ1) is 16.7. The number of carbonyl (C=O) groups excluding carboxylic acids is 1. The average Bonchev–Trinajstić information content (AvgIpc) is 3.21. The number of amides is 1. The molecular weight excluding hydrogens is 342 g/mol. The lowest BCUT2D eigenvalue weighted by molar-refractivity contribution is -0.113. The van der Waals surface area contributed by atoms with Crippen molar-refractivity contribution in [2.45, 2.75) is 25.5 Å². The molecule has 0 atom stereocenters. The SMILES string of the molecule is Cc1cccc(C)c1NC(=O)CSc1nnnn1Cc1cccs1. The van der Waals surface area contributed by atoms with Crippen LogP contribution >= 0.6 is 23.1 Å². The monoisotopic (exact) mass is 359 g/mol. The minimum atomic E-state index is -0.0666. The van der Waals surface area contributed by atoms with Crippen molar-refractivity contribution in [1.82, 2.24) is 20.2 Å². The highest BCUT2D eigenvalue weighted by molar-refractivity contribution is 7.99. The van der Waals surface area contributed by atoms with Gasteiger partial charge < -0.3 is 5.32 Å². The van der Waals surface area contributed by atoms with Gasteiger partial charge >= 0.3 is 0 Å². The molecule has 1 N–H and O–H groups in total. The number of benzene rings is 1. The second kappa shape index (κ2) is 7.59. The lowest BCUT2D eigenvalue weighted by atomic mass is 10.1. The van der Waals surface area contributed by atoms with Crippen LogP contribution in [0, 0.1) is 13.8 Å². The molecule has 3 rings (SSSR count). The summed E-state index contributed by atoms with van der Waals surface area (Å²) in [5.74, 6) is 0.196. The van der Waals surface area contributed by atoms with Crippen molar-refractivity contribution in [1.29, 1.82) is 0 Å². The van der Waals surface area contributed by atoms with Gasteiger partial charge in [0.2, 0.25) is 11.1 Å². The predicted molar refractivity (Wildman–Crippen MR) is 96.5 cm³/mol. The van der Waals surface area contributed by atoms with Gasteiger partial charge in [0.25, 0.3) is 0 Å². The van der Waals surface area contributed by atoms with Crippen LogP contribution in [0.5, 0.6) is 0 Å². The zero-order valence-corrected chi connectivity index (χ0v) is 15.0. The Morgan fingerprint density at radius 1 is 1.25 bits per heavy atom. The molecule has 1 amide bonds. The van der Waals surface area contributed by atoms with E-state index in [-0.39, 0.29) is 11.7 Å². The molecule has 0 aliphatic carbocycles. The fourth-order valence-corrected chi connectivity index (χ4v) is 3.63. The largest absolute Gasteiger partial charge is 0.325 e. The second-order valence-corrected chi connectivity index (χ2v) is 7.28. The Morgan fingerprint density at radius 3 is 2.75 bits per heavy atom. The molecule has 0 saturated heterocycles. The number of rotatable bonds is 6. The summed E-state index contributed by atoms with van der Waals surface area (Å²) < 4.78 is 1.71. The number of thiophene rings is 1. The van der Waals surface area contributed by atoms with Crippen molar-refractivity contribution in [3.8, 4) is 0 Å². The van der Waals surface area contributed by atoms with E-state index < -0.39 is 0 Å². The third-order valence-corrected chi connectivity index (χ3v) is 5.28. The van der Waals surface area contributed by atoms with Crippen LogP contribution in [-0.2, 0) is 11.3 Å². The maximum absolute atomic E-state index is 12.2. The Kier molecular flexibility index (Phi) is 5.27. The molecule has 0 saturated carbocycles. The molecule has 2 aromatic heterocycles. The highest BCUT2D eigenvalue weighted by Crippen LogP contribution is 2.21. The Morgan fingerprint density at radius 2 is 2.04 bits per heavy atom. The van der Waals surface area contributed by atoms with E-state index in [2.05, 4.69) is 20.8 Å². The smallest absolute Gasteiger partial charge is 0.234 e. The maximum Gasteiger partial charge on any atom is 0.234 e. The van der Waals surface area contributed by atoms with Crippen molar-refractivity contribution in [2.75, 3.05) is 11.1 Å². The van der Waals surface area contributed by atoms with Crippen molar-refractivity contribution >= 4 is 34.7 Å². The van der Waals surface area contributed by atoms with Crippen LogP contribution in [0.2, 0.25) is 0 Å². The summed E-state index contributed by atoms with van der Waals surface area (Å²) in [6, 6.07) is 9.98. The molecule has 0 aliphatic heterocycles. The number of nitrogens with one attached hydrogen (secondary N) is 1. The third kappa shape index (κ3) is 4.01. The Bertz CT molecular complexity index is 809. The van der Waals surface area contributed by atoms with Gasteiger partial charge in [-0.3, -0.25) is 4.79 Å². The summed E-state index contributed by atoms with van der Waals surface area (Å²) >= 11 is 2.99. The normalized spacial score (nSPS) is 10.8. The van der Waals surface area contributed by atoms with E-state index in [0.717, 1.165) is 16.8 Å². The van der Waals surface area contributed by atoms with E-state index in [1.54, 1.807) is 16.0 Å². The second-order valence-electron chi connectivity index (χ2n) is 5.30. The number of carbonyl (C=O) groups is 1. The fourth-order valence-electron chi connectivity index (χ4n) is 2.27. The van der Waals surface area contributed by atoms with Gasteiger partial charge in [0.1, 0.15) is 0 Å². The van der Waals surface area contributed by atoms with Crippen LogP contribution in [0.3, 0.4) is 0 Å². The number of nitrogens with zero attached hydrogens (tertiary/aromatic N) is 4. The number of hydrogen-bond donors (Lipinski definition) is 1. The van der Waals surface area contributed by atoms with Gasteiger partial charge in [0, 0.05) is 10.6 Å². The molecule has 0 bridgehead atoms. The lowest BCUT2D eigenvalue weighted by Gasteiger charge is -2.11. The zero-order valence-electron chi connectivity index (χ0n) is 13.4. The summed E-state index contributed by atoms with van der Waals surface area (Å²) in [4.78, 5) is 13.4. The van der Waals surface area contributed by atoms with E-state index in [1.807, 2.05) is 49.6 Å². The summed E-state index contributed by atoms with van der Waals surface area (Å²) in [6.07, 6.45) is 0. The first-order valence-electron chi connectivity index (χ1n) is 7.41. The van der Waals surface area contributed by atoms with Crippen molar-refractivity contribution in [3.05, 3.63) is 51.7 Å². The van der Waals surface area contributed by atoms with E-state index >= 15 is 0 Å². The van der Waals surface area contributed by atoms with Crippen LogP contribution in [0.15, 0.2) is 40.9 Å². The van der Waals surface area contributed by atoms with Gasteiger partial charge in [-0.15, -0.1) is 16.4 Å². The molecule has 6 nitrogen and oxygen atoms in total. The Hall–Kier alpha value is -2.19. The number of hydrogen-bond acceptors (Lipinski definition) is 6. The molecule has 0 spiro atoms. The topological polar surface area (TPSA) is 72.7 Å². The minimum Gasteiger partial charge on any atom is -0.325 e. The zero-order chi connectivity index (χ0) is 16.9. The van der Waals surface area contributed by atoms with Crippen LogP contribution in [0.25, 0.3) is 0 Å². The quantitative estimate of drug-likeness (QED) is 0.685. The molecule has 3 aromatic rings. The Balaban J connectivity index is 1.60. The average molecular weight is 359 g/mol. The molecule has 0 aliphatic rings. The highest BCUT2D eigenvalue weighted by Gasteiger charge is 2.12. The van der Waals surface area contributed by atoms with E-state index in [4.69, 9.17) is 0 Å². The van der Waals surface area contributed by atoms with Crippen molar-refractivity contribution in [3.63, 3.8) is 0 Å². The fraction of sp³-hybridized carbons (Fsp3) is 0.250. The number of aryl methyl sites for hydroxylation is 2. The standard InChI is InChI=1S/C16H17N5OS2/c1-11-5-3-6-12(2)15(11)17-14(22)10-24-16-18-19-20-21(16)9-13-7-4-8-23-13/h3-8H,9-10H2,1-2H3,(H,17,22). The highest BCUT2D eigenvalue weighted by atomic mass is 32.2. The van der Waals surface area contributed by atoms with Gasteiger partial charge in [-0.25, -0.2) is 4.68 Å². The van der Waals surface area contributed by atoms with E-state index in [1.165, 1.54) is 16.6 Å². The van der Waals surface area contributed by atoms with Gasteiger partial charge in [0.05, 0.1) is 12.3 Å². The number of para-hydroxylation sites is 1. The van der Waals surface area contributed by atoms with Gasteiger partial charge in [0.15, 0.2) is 0 Å². The molecule has 24 heavy (non-hydrogen) atoms. The summed E-state index contributed by atoms with van der Waals surface area (Å²) in [7, 11) is 0. The number of anilines is 1. The van der Waals surface area contributed by atoms with Crippen molar-refractivity contribution in [2.24, 2.45) is 0 Å². The predicted octanol–water partition coefficient (Wildman–Crippen LogP) is 3.13. The molecular formula is C16H17N5OS2. The maximum atomic E-state index is 12.2. The minimum absolute atomic E-state index is 0.0666. The number of tetrazole rings is 1. The molecule has 124 valence electrons.